The number of rotatable bonds is 3. The van der Waals surface area contributed by atoms with E-state index in [0.29, 0.717) is 5.75 Å². The number of carbonyl (C=O) groups is 1. The van der Waals surface area contributed by atoms with Crippen LogP contribution in [0.15, 0.2) is 39.0 Å². The average molecular weight is 369 g/mol. The second kappa shape index (κ2) is 5.79. The Balaban J connectivity index is 1.78. The molecule has 2 aromatic rings. The molecule has 1 aromatic heterocycles. The molecule has 3 rings (SSSR count). The van der Waals surface area contributed by atoms with Gasteiger partial charge in [-0.05, 0) is 47.1 Å². The van der Waals surface area contributed by atoms with E-state index >= 15 is 0 Å². The highest BCUT2D eigenvalue weighted by Crippen LogP contribution is 2.35. The molecule has 0 radical (unpaired) electrons. The molecule has 1 atom stereocenters. The summed E-state index contributed by atoms with van der Waals surface area (Å²) < 4.78 is 1.11. The highest BCUT2D eigenvalue weighted by Gasteiger charge is 2.16. The van der Waals surface area contributed by atoms with Gasteiger partial charge in [0.15, 0.2) is 0 Å². The number of hydrogen-bond acceptors (Lipinski definition) is 4. The van der Waals surface area contributed by atoms with Gasteiger partial charge < -0.3 is 10.6 Å². The molecule has 0 spiro atoms. The lowest BCUT2D eigenvalue weighted by atomic mass is 10.2. The normalized spacial score (nSPS) is 15.4. The first kappa shape index (κ1) is 14.0. The van der Waals surface area contributed by atoms with Crippen LogP contribution in [0.3, 0.4) is 0 Å². The minimum atomic E-state index is 0.0647. The van der Waals surface area contributed by atoms with Crippen LogP contribution < -0.4 is 10.6 Å². The molecule has 1 amide bonds. The van der Waals surface area contributed by atoms with Gasteiger partial charge in [-0.1, -0.05) is 0 Å². The summed E-state index contributed by atoms with van der Waals surface area (Å²) in [6, 6.07) is 8.47. The van der Waals surface area contributed by atoms with Gasteiger partial charge in [-0.25, -0.2) is 0 Å². The molecule has 20 heavy (non-hydrogen) atoms. The molecular weight excluding hydrogens is 356 g/mol. The van der Waals surface area contributed by atoms with Crippen molar-refractivity contribution < 1.29 is 4.79 Å². The molecule has 1 unspecified atom stereocenters. The number of thioether (sulfide) groups is 1. The monoisotopic (exact) mass is 368 g/mol. The molecule has 0 bridgehead atoms. The Morgan fingerprint density at radius 3 is 3.00 bits per heavy atom. The molecule has 1 aromatic carbocycles. The van der Waals surface area contributed by atoms with Crippen molar-refractivity contribution in [2.45, 2.75) is 17.9 Å². The minimum absolute atomic E-state index is 0.0647. The molecule has 1 aliphatic heterocycles. The number of halogens is 1. The number of thiophene rings is 1. The van der Waals surface area contributed by atoms with Crippen LogP contribution >= 0.6 is 39.0 Å². The third kappa shape index (κ3) is 3.02. The summed E-state index contributed by atoms with van der Waals surface area (Å²) in [6.07, 6.45) is 0. The predicted molar refractivity (Wildman–Crippen MR) is 89.9 cm³/mol. The topological polar surface area (TPSA) is 41.1 Å². The van der Waals surface area contributed by atoms with Crippen LogP contribution in [0.2, 0.25) is 0 Å². The minimum Gasteiger partial charge on any atom is -0.378 e. The summed E-state index contributed by atoms with van der Waals surface area (Å²) in [4.78, 5) is 13.8. The van der Waals surface area contributed by atoms with Gasteiger partial charge in [0.2, 0.25) is 5.91 Å². The number of benzene rings is 1. The van der Waals surface area contributed by atoms with Crippen molar-refractivity contribution >= 4 is 56.3 Å². The second-order valence-electron chi connectivity index (χ2n) is 4.58. The van der Waals surface area contributed by atoms with Gasteiger partial charge in [-0.2, -0.15) is 0 Å². The Labute approximate surface area is 134 Å². The second-order valence-corrected chi connectivity index (χ2v) is 7.46. The third-order valence-electron chi connectivity index (χ3n) is 3.01. The number of carbonyl (C=O) groups excluding carboxylic acids is 1. The lowest BCUT2D eigenvalue weighted by Crippen LogP contribution is -2.18. The summed E-state index contributed by atoms with van der Waals surface area (Å²) in [6.45, 7) is 2.13. The van der Waals surface area contributed by atoms with E-state index in [1.54, 1.807) is 23.1 Å². The average Bonchev–Trinajstić information content (AvgIpc) is 2.85. The Kier molecular flexibility index (Phi) is 4.05. The zero-order valence-electron chi connectivity index (χ0n) is 10.8. The van der Waals surface area contributed by atoms with Crippen LogP contribution in [-0.2, 0) is 4.79 Å². The van der Waals surface area contributed by atoms with Crippen molar-refractivity contribution in [3.05, 3.63) is 39.0 Å². The summed E-state index contributed by atoms with van der Waals surface area (Å²) in [5.41, 5.74) is 1.92. The quantitative estimate of drug-likeness (QED) is 0.822. The molecule has 0 saturated heterocycles. The van der Waals surface area contributed by atoms with E-state index < -0.39 is 0 Å². The van der Waals surface area contributed by atoms with Crippen molar-refractivity contribution in [2.24, 2.45) is 0 Å². The summed E-state index contributed by atoms with van der Waals surface area (Å²) in [5.74, 6) is 0.564. The maximum atomic E-state index is 11.4. The molecule has 6 heteroatoms. The van der Waals surface area contributed by atoms with Crippen molar-refractivity contribution in [3.63, 3.8) is 0 Å². The third-order valence-corrected chi connectivity index (χ3v) is 5.96. The number of amides is 1. The first-order valence-corrected chi connectivity index (χ1v) is 8.85. The van der Waals surface area contributed by atoms with Gasteiger partial charge in [0.05, 0.1) is 17.5 Å². The molecule has 1 aliphatic rings. The van der Waals surface area contributed by atoms with Crippen molar-refractivity contribution in [2.75, 3.05) is 16.4 Å². The van der Waals surface area contributed by atoms with E-state index in [4.69, 9.17) is 0 Å². The first-order valence-electron chi connectivity index (χ1n) is 6.19. The SMILES string of the molecule is CC(Nc1ccc2c(c1)NC(=O)CS2)c1cc(Br)cs1. The highest BCUT2D eigenvalue weighted by molar-refractivity contribution is 9.10. The van der Waals surface area contributed by atoms with Crippen LogP contribution in [-0.4, -0.2) is 11.7 Å². The molecule has 0 fully saturated rings. The molecule has 3 nitrogen and oxygen atoms in total. The van der Waals surface area contributed by atoms with Crippen LogP contribution in [0, 0.1) is 0 Å². The molecule has 2 heterocycles. The zero-order chi connectivity index (χ0) is 14.1. The largest absolute Gasteiger partial charge is 0.378 e. The van der Waals surface area contributed by atoms with Crippen LogP contribution in [0.25, 0.3) is 0 Å². The predicted octanol–water partition coefficient (Wildman–Crippen LogP) is 4.73. The molecule has 0 aliphatic carbocycles. The Hall–Kier alpha value is -0.980. The van der Waals surface area contributed by atoms with Crippen LogP contribution in [0.5, 0.6) is 0 Å². The smallest absolute Gasteiger partial charge is 0.234 e. The fourth-order valence-corrected chi connectivity index (χ4v) is 4.29. The summed E-state index contributed by atoms with van der Waals surface area (Å²) in [7, 11) is 0. The number of hydrogen-bond donors (Lipinski definition) is 2. The van der Waals surface area contributed by atoms with E-state index in [1.165, 1.54) is 4.88 Å². The molecule has 0 saturated carbocycles. The maximum absolute atomic E-state index is 11.4. The first-order chi connectivity index (χ1) is 9.61. The number of nitrogens with one attached hydrogen (secondary N) is 2. The lowest BCUT2D eigenvalue weighted by Gasteiger charge is -2.19. The fraction of sp³-hybridized carbons (Fsp3) is 0.214. The molecule has 2 N–H and O–H groups in total. The van der Waals surface area contributed by atoms with Crippen LogP contribution in [0.1, 0.15) is 17.8 Å². The van der Waals surface area contributed by atoms with E-state index in [1.807, 2.05) is 6.07 Å². The van der Waals surface area contributed by atoms with E-state index in [-0.39, 0.29) is 11.9 Å². The van der Waals surface area contributed by atoms with Crippen LogP contribution in [0.4, 0.5) is 11.4 Å². The molecule has 104 valence electrons. The Bertz CT molecular complexity index is 656. The maximum Gasteiger partial charge on any atom is 0.234 e. The Morgan fingerprint density at radius 1 is 1.40 bits per heavy atom. The lowest BCUT2D eigenvalue weighted by molar-refractivity contribution is -0.113. The van der Waals surface area contributed by atoms with E-state index in [9.17, 15) is 4.79 Å². The van der Waals surface area contributed by atoms with Crippen molar-refractivity contribution in [1.29, 1.82) is 0 Å². The summed E-state index contributed by atoms with van der Waals surface area (Å²) >= 11 is 6.78. The van der Waals surface area contributed by atoms with E-state index in [2.05, 4.69) is 57.1 Å². The van der Waals surface area contributed by atoms with Gasteiger partial charge in [-0.3, -0.25) is 4.79 Å². The van der Waals surface area contributed by atoms with Gasteiger partial charge in [0.25, 0.3) is 0 Å². The van der Waals surface area contributed by atoms with Gasteiger partial charge in [0, 0.05) is 25.3 Å². The zero-order valence-corrected chi connectivity index (χ0v) is 14.0. The van der Waals surface area contributed by atoms with Gasteiger partial charge in [-0.15, -0.1) is 23.1 Å². The Morgan fingerprint density at radius 2 is 2.25 bits per heavy atom. The number of anilines is 2. The highest BCUT2D eigenvalue weighted by atomic mass is 79.9. The van der Waals surface area contributed by atoms with Gasteiger partial charge in [0.1, 0.15) is 0 Å². The van der Waals surface area contributed by atoms with Crippen molar-refractivity contribution in [1.82, 2.24) is 0 Å². The van der Waals surface area contributed by atoms with Crippen molar-refractivity contribution in [3.8, 4) is 0 Å². The standard InChI is InChI=1S/C14H13BrN2OS2/c1-8(13-4-9(15)6-19-13)16-10-2-3-12-11(5-10)17-14(18)7-20-12/h2-6,8,16H,7H2,1H3,(H,17,18). The molecular formula is C14H13BrN2OS2. The fourth-order valence-electron chi connectivity index (χ4n) is 2.05. The summed E-state index contributed by atoms with van der Waals surface area (Å²) in [5, 5.41) is 8.46. The van der Waals surface area contributed by atoms with E-state index in [0.717, 1.165) is 20.7 Å². The van der Waals surface area contributed by atoms with Gasteiger partial charge >= 0.3 is 0 Å². The number of fused-ring (bicyclic) bond motifs is 1.